The van der Waals surface area contributed by atoms with Gasteiger partial charge in [-0.25, -0.2) is 4.79 Å². The zero-order chi connectivity index (χ0) is 26.1. The van der Waals surface area contributed by atoms with E-state index in [9.17, 15) is 22.4 Å². The summed E-state index contributed by atoms with van der Waals surface area (Å²) in [5.74, 6) is -1.18. The number of amides is 2. The van der Waals surface area contributed by atoms with Crippen LogP contribution in [0.3, 0.4) is 0 Å². The number of alkyl halides is 4. The highest BCUT2D eigenvalue weighted by molar-refractivity contribution is 6.30. The van der Waals surface area contributed by atoms with E-state index >= 15 is 0 Å². The molecule has 0 saturated heterocycles. The van der Waals surface area contributed by atoms with Gasteiger partial charge in [-0.3, -0.25) is 4.98 Å². The van der Waals surface area contributed by atoms with E-state index in [1.165, 1.54) is 12.3 Å². The Kier molecular flexibility index (Phi) is 6.74. The predicted octanol–water partition coefficient (Wildman–Crippen LogP) is 5.89. The lowest BCUT2D eigenvalue weighted by molar-refractivity contribution is -0.391. The van der Waals surface area contributed by atoms with Crippen molar-refractivity contribution in [3.8, 4) is 11.5 Å². The lowest BCUT2D eigenvalue weighted by Gasteiger charge is -2.37. The summed E-state index contributed by atoms with van der Waals surface area (Å²) in [7, 11) is 0. The van der Waals surface area contributed by atoms with Crippen LogP contribution >= 0.6 is 11.6 Å². The number of aromatic nitrogens is 1. The second-order valence-electron chi connectivity index (χ2n) is 8.58. The van der Waals surface area contributed by atoms with Crippen molar-refractivity contribution in [1.82, 2.24) is 15.6 Å². The van der Waals surface area contributed by atoms with Crippen molar-refractivity contribution < 1.29 is 31.8 Å². The molecule has 1 unspecified atom stereocenters. The van der Waals surface area contributed by atoms with Gasteiger partial charge in [0.05, 0.1) is 10.7 Å². The predicted molar refractivity (Wildman–Crippen MR) is 125 cm³/mol. The molecule has 0 saturated carbocycles. The fraction of sp³-hybridized carbons (Fsp3) is 0.280. The highest BCUT2D eigenvalue weighted by Crippen LogP contribution is 2.48. The van der Waals surface area contributed by atoms with E-state index < -0.39 is 35.3 Å². The van der Waals surface area contributed by atoms with Gasteiger partial charge in [0, 0.05) is 18.7 Å². The maximum absolute atomic E-state index is 14.0. The molecular weight excluding hydrogens is 502 g/mol. The first kappa shape index (κ1) is 25.6. The zero-order valence-electron chi connectivity index (χ0n) is 19.2. The minimum Gasteiger partial charge on any atom is -0.421 e. The van der Waals surface area contributed by atoms with Crippen LogP contribution in [0.4, 0.5) is 22.4 Å². The van der Waals surface area contributed by atoms with Gasteiger partial charge in [-0.05, 0) is 49.2 Å². The van der Waals surface area contributed by atoms with Gasteiger partial charge >= 0.3 is 18.2 Å². The number of nitrogens with one attached hydrogen (secondary N) is 2. The number of ether oxygens (including phenoxy) is 2. The average molecular weight is 524 g/mol. The molecular formula is C25H22ClF4N3O3. The normalized spacial score (nSPS) is 17.2. The summed E-state index contributed by atoms with van der Waals surface area (Å²) in [6.45, 7) is 3.54. The molecule has 1 atom stereocenters. The zero-order valence-corrected chi connectivity index (χ0v) is 20.0. The van der Waals surface area contributed by atoms with Crippen LogP contribution in [0, 0.1) is 0 Å². The lowest BCUT2D eigenvalue weighted by Crippen LogP contribution is -2.54. The molecule has 190 valence electrons. The van der Waals surface area contributed by atoms with Gasteiger partial charge in [0.2, 0.25) is 0 Å². The highest BCUT2D eigenvalue weighted by atomic mass is 35.5. The molecule has 2 N–H and O–H groups in total. The SMILES string of the molecule is CC(C)NC(=O)NC(Cc1ccccc1)(c1ccc2c(c1)OC(F)(F)C(F)(F)O2)c1ccc(Cl)cn1. The van der Waals surface area contributed by atoms with Crippen LogP contribution in [0.5, 0.6) is 11.5 Å². The van der Waals surface area contributed by atoms with E-state index in [-0.39, 0.29) is 18.0 Å². The highest BCUT2D eigenvalue weighted by Gasteiger charge is 2.66. The Bertz CT molecular complexity index is 1240. The van der Waals surface area contributed by atoms with Crippen LogP contribution in [-0.4, -0.2) is 29.3 Å². The van der Waals surface area contributed by atoms with E-state index in [0.717, 1.165) is 17.7 Å². The molecule has 11 heteroatoms. The van der Waals surface area contributed by atoms with Crippen LogP contribution < -0.4 is 20.1 Å². The minimum absolute atomic E-state index is 0.125. The largest absolute Gasteiger partial charge is 0.507 e. The molecule has 2 heterocycles. The van der Waals surface area contributed by atoms with E-state index in [0.29, 0.717) is 10.7 Å². The van der Waals surface area contributed by atoms with Gasteiger partial charge in [-0.2, -0.15) is 17.6 Å². The first-order valence-electron chi connectivity index (χ1n) is 10.9. The first-order valence-corrected chi connectivity index (χ1v) is 11.3. The Morgan fingerprint density at radius 1 is 1.00 bits per heavy atom. The van der Waals surface area contributed by atoms with Crippen LogP contribution in [-0.2, 0) is 12.0 Å². The number of benzene rings is 2. The topological polar surface area (TPSA) is 72.5 Å². The van der Waals surface area contributed by atoms with Gasteiger partial charge in [0.25, 0.3) is 0 Å². The third kappa shape index (κ3) is 5.04. The Labute approximate surface area is 209 Å². The molecule has 0 radical (unpaired) electrons. The summed E-state index contributed by atoms with van der Waals surface area (Å²) in [5, 5.41) is 6.00. The third-order valence-electron chi connectivity index (χ3n) is 5.48. The molecule has 0 spiro atoms. The number of hydrogen-bond acceptors (Lipinski definition) is 4. The molecule has 1 aromatic heterocycles. The summed E-state index contributed by atoms with van der Waals surface area (Å²) in [6.07, 6.45) is -8.25. The van der Waals surface area contributed by atoms with E-state index in [1.54, 1.807) is 38.1 Å². The van der Waals surface area contributed by atoms with Gasteiger partial charge < -0.3 is 20.1 Å². The minimum atomic E-state index is -4.90. The molecule has 2 aromatic carbocycles. The third-order valence-corrected chi connectivity index (χ3v) is 5.70. The Morgan fingerprint density at radius 2 is 1.67 bits per heavy atom. The summed E-state index contributed by atoms with van der Waals surface area (Å²) in [4.78, 5) is 17.4. The Morgan fingerprint density at radius 3 is 2.28 bits per heavy atom. The summed E-state index contributed by atoms with van der Waals surface area (Å²) in [5.41, 5.74) is -0.115. The quantitative estimate of drug-likeness (QED) is 0.395. The van der Waals surface area contributed by atoms with Crippen LogP contribution in [0.25, 0.3) is 0 Å². The van der Waals surface area contributed by atoms with Crippen molar-refractivity contribution in [1.29, 1.82) is 0 Å². The molecule has 0 aliphatic carbocycles. The Balaban J connectivity index is 1.91. The number of halogens is 5. The number of carbonyl (C=O) groups is 1. The monoisotopic (exact) mass is 523 g/mol. The second-order valence-corrected chi connectivity index (χ2v) is 9.02. The average Bonchev–Trinajstić information content (AvgIpc) is 2.79. The van der Waals surface area contributed by atoms with Crippen molar-refractivity contribution >= 4 is 17.6 Å². The van der Waals surface area contributed by atoms with Crippen LogP contribution in [0.1, 0.15) is 30.7 Å². The van der Waals surface area contributed by atoms with Gasteiger partial charge in [-0.1, -0.05) is 48.0 Å². The van der Waals surface area contributed by atoms with Gasteiger partial charge in [0.1, 0.15) is 5.54 Å². The number of carbonyl (C=O) groups excluding carboxylic acids is 1. The number of urea groups is 1. The number of rotatable bonds is 6. The van der Waals surface area contributed by atoms with Crippen molar-refractivity contribution in [2.24, 2.45) is 0 Å². The molecule has 2 amide bonds. The van der Waals surface area contributed by atoms with E-state index in [4.69, 9.17) is 11.6 Å². The number of fused-ring (bicyclic) bond motifs is 1. The smallest absolute Gasteiger partial charge is 0.421 e. The summed E-state index contributed by atoms with van der Waals surface area (Å²) < 4.78 is 63.9. The first-order chi connectivity index (χ1) is 16.9. The standard InChI is InChI=1S/C25H22ClF4N3O3/c1-15(2)32-22(34)33-23(13-16-6-4-3-5-7-16,21-11-9-18(26)14-31-21)17-8-10-19-20(12-17)36-25(29,30)24(27,28)35-19/h3-12,14-15H,13H2,1-2H3,(H2,32,33,34). The molecule has 0 bridgehead atoms. The fourth-order valence-corrected chi connectivity index (χ4v) is 3.99. The maximum Gasteiger partial charge on any atom is 0.507 e. The van der Waals surface area contributed by atoms with E-state index in [1.807, 2.05) is 18.2 Å². The Hall–Kier alpha value is -3.53. The molecule has 4 rings (SSSR count). The lowest BCUT2D eigenvalue weighted by atomic mass is 9.80. The number of pyridine rings is 1. The summed E-state index contributed by atoms with van der Waals surface area (Å²) >= 11 is 6.04. The van der Waals surface area contributed by atoms with Crippen LogP contribution in [0.2, 0.25) is 5.02 Å². The molecule has 0 fully saturated rings. The van der Waals surface area contributed by atoms with Crippen molar-refractivity contribution in [3.63, 3.8) is 0 Å². The molecule has 6 nitrogen and oxygen atoms in total. The van der Waals surface area contributed by atoms with E-state index in [2.05, 4.69) is 25.1 Å². The van der Waals surface area contributed by atoms with Crippen molar-refractivity contribution in [2.75, 3.05) is 0 Å². The number of hydrogen-bond donors (Lipinski definition) is 2. The van der Waals surface area contributed by atoms with Gasteiger partial charge in [0.15, 0.2) is 11.5 Å². The van der Waals surface area contributed by atoms with Gasteiger partial charge in [-0.15, -0.1) is 0 Å². The molecule has 36 heavy (non-hydrogen) atoms. The molecule has 3 aromatic rings. The van der Waals surface area contributed by atoms with Crippen molar-refractivity contribution in [3.05, 3.63) is 88.7 Å². The summed E-state index contributed by atoms with van der Waals surface area (Å²) in [6, 6.07) is 15.0. The van der Waals surface area contributed by atoms with Crippen molar-refractivity contribution in [2.45, 2.75) is 44.1 Å². The number of nitrogens with zero attached hydrogens (tertiary/aromatic N) is 1. The second kappa shape index (κ2) is 9.50. The maximum atomic E-state index is 14.0. The molecule has 1 aliphatic rings. The fourth-order valence-electron chi connectivity index (χ4n) is 3.88. The molecule has 1 aliphatic heterocycles. The van der Waals surface area contributed by atoms with Crippen LogP contribution in [0.15, 0.2) is 66.9 Å².